The summed E-state index contributed by atoms with van der Waals surface area (Å²) in [5.41, 5.74) is 7.21. The maximum atomic E-state index is 5.53. The number of aromatic amines is 1. The number of methoxy groups -OCH3 is 1. The lowest BCUT2D eigenvalue weighted by Crippen LogP contribution is -1.91. The summed E-state index contributed by atoms with van der Waals surface area (Å²) in [7, 11) is 1.64. The maximum Gasteiger partial charge on any atom is 0.276 e. The summed E-state index contributed by atoms with van der Waals surface area (Å²) in [6.45, 7) is 0. The van der Waals surface area contributed by atoms with E-state index in [-0.39, 0.29) is 0 Å². The van der Waals surface area contributed by atoms with Gasteiger partial charge < -0.3 is 15.0 Å². The first kappa shape index (κ1) is 12.2. The van der Waals surface area contributed by atoms with Crippen LogP contribution in [0.15, 0.2) is 34.9 Å². The number of nitrogen functional groups attached to an aromatic ring is 1. The minimum absolute atomic E-state index is 0.373. The van der Waals surface area contributed by atoms with Crippen LogP contribution in [0.25, 0.3) is 11.6 Å². The van der Waals surface area contributed by atoms with Crippen LogP contribution >= 0.6 is 0 Å². The molecule has 0 atom stereocenters. The summed E-state index contributed by atoms with van der Waals surface area (Å²) < 4.78 is 10.3. The Bertz CT molecular complexity index is 702. The molecule has 0 bridgehead atoms. The van der Waals surface area contributed by atoms with Crippen molar-refractivity contribution in [1.82, 2.24) is 20.3 Å². The number of hydrogen-bond acceptors (Lipinski definition) is 6. The Morgan fingerprint density at radius 2 is 2.10 bits per heavy atom. The minimum Gasteiger partial charge on any atom is -0.497 e. The lowest BCUT2D eigenvalue weighted by atomic mass is 10.1. The van der Waals surface area contributed by atoms with Crippen LogP contribution in [-0.4, -0.2) is 27.4 Å². The highest BCUT2D eigenvalue weighted by Gasteiger charge is 2.11. The third-order valence-electron chi connectivity index (χ3n) is 2.82. The van der Waals surface area contributed by atoms with E-state index in [1.807, 2.05) is 24.3 Å². The van der Waals surface area contributed by atoms with Crippen LogP contribution in [0.5, 0.6) is 5.75 Å². The summed E-state index contributed by atoms with van der Waals surface area (Å²) in [5.74, 6) is 2.17. The zero-order chi connectivity index (χ0) is 13.9. The first-order chi connectivity index (χ1) is 9.74. The molecule has 0 radical (unpaired) electrons. The van der Waals surface area contributed by atoms with Gasteiger partial charge in [-0.15, -0.1) is 0 Å². The molecule has 20 heavy (non-hydrogen) atoms. The molecule has 7 heteroatoms. The van der Waals surface area contributed by atoms with Crippen LogP contribution in [-0.2, 0) is 6.42 Å². The Balaban J connectivity index is 1.76. The molecule has 7 nitrogen and oxygen atoms in total. The topological polar surface area (TPSA) is 103 Å². The average molecular weight is 271 g/mol. The lowest BCUT2D eigenvalue weighted by Gasteiger charge is -2.00. The first-order valence-corrected chi connectivity index (χ1v) is 6.01. The molecule has 2 aromatic heterocycles. The summed E-state index contributed by atoms with van der Waals surface area (Å²) in [5, 5.41) is 10.5. The van der Waals surface area contributed by atoms with E-state index in [4.69, 9.17) is 15.0 Å². The normalized spacial score (nSPS) is 10.7. The number of H-pyrrole nitrogens is 1. The van der Waals surface area contributed by atoms with Crippen LogP contribution in [0.2, 0.25) is 0 Å². The second kappa shape index (κ2) is 5.04. The average Bonchev–Trinajstić information content (AvgIpc) is 3.09. The van der Waals surface area contributed by atoms with E-state index < -0.39 is 0 Å². The van der Waals surface area contributed by atoms with E-state index in [1.165, 1.54) is 0 Å². The van der Waals surface area contributed by atoms with Gasteiger partial charge in [-0.3, -0.25) is 5.10 Å². The molecule has 0 amide bonds. The number of aromatic nitrogens is 4. The van der Waals surface area contributed by atoms with Crippen molar-refractivity contribution in [2.24, 2.45) is 0 Å². The monoisotopic (exact) mass is 271 g/mol. The molecule has 0 aliphatic heterocycles. The number of nitrogens with two attached hydrogens (primary N) is 1. The van der Waals surface area contributed by atoms with E-state index in [9.17, 15) is 0 Å². The van der Waals surface area contributed by atoms with Crippen molar-refractivity contribution in [3.05, 3.63) is 41.7 Å². The van der Waals surface area contributed by atoms with E-state index in [0.717, 1.165) is 11.3 Å². The molecule has 0 saturated carbocycles. The van der Waals surface area contributed by atoms with Gasteiger partial charge in [0.1, 0.15) is 17.3 Å². The van der Waals surface area contributed by atoms with E-state index >= 15 is 0 Å². The van der Waals surface area contributed by atoms with Gasteiger partial charge in [0.15, 0.2) is 5.82 Å². The van der Waals surface area contributed by atoms with Gasteiger partial charge in [-0.05, 0) is 17.7 Å². The molecule has 0 saturated heterocycles. The molecular formula is C13H13N5O2. The van der Waals surface area contributed by atoms with Crippen LogP contribution < -0.4 is 10.5 Å². The first-order valence-electron chi connectivity index (χ1n) is 6.01. The molecule has 3 rings (SSSR count). The quantitative estimate of drug-likeness (QED) is 0.747. The number of hydrogen-bond donors (Lipinski definition) is 2. The number of anilines is 1. The minimum atomic E-state index is 0.373. The second-order valence-electron chi connectivity index (χ2n) is 4.25. The van der Waals surface area contributed by atoms with Gasteiger partial charge in [0.25, 0.3) is 5.89 Å². The van der Waals surface area contributed by atoms with Crippen molar-refractivity contribution in [2.45, 2.75) is 6.42 Å². The highest BCUT2D eigenvalue weighted by molar-refractivity contribution is 5.51. The standard InChI is InChI=1S/C13H13N5O2/c1-19-9-4-2-8(3-5-9)6-12-15-13(20-18-12)10-7-11(14)17-16-10/h2-5,7H,6H2,1H3,(H3,14,16,17). The smallest absolute Gasteiger partial charge is 0.276 e. The molecule has 1 aromatic carbocycles. The highest BCUT2D eigenvalue weighted by Crippen LogP contribution is 2.18. The lowest BCUT2D eigenvalue weighted by molar-refractivity contribution is 0.414. The Kier molecular flexibility index (Phi) is 3.08. The van der Waals surface area contributed by atoms with Gasteiger partial charge in [-0.1, -0.05) is 17.3 Å². The van der Waals surface area contributed by atoms with Crippen molar-refractivity contribution >= 4 is 5.82 Å². The largest absolute Gasteiger partial charge is 0.497 e. The summed E-state index contributed by atoms with van der Waals surface area (Å²) in [6, 6.07) is 9.36. The summed E-state index contributed by atoms with van der Waals surface area (Å²) in [6.07, 6.45) is 0.580. The van der Waals surface area contributed by atoms with Crippen molar-refractivity contribution < 1.29 is 9.26 Å². The van der Waals surface area contributed by atoms with Crippen molar-refractivity contribution in [3.63, 3.8) is 0 Å². The summed E-state index contributed by atoms with van der Waals surface area (Å²) in [4.78, 5) is 4.30. The molecule has 3 aromatic rings. The Morgan fingerprint density at radius 3 is 2.75 bits per heavy atom. The fourth-order valence-corrected chi connectivity index (χ4v) is 1.81. The van der Waals surface area contributed by atoms with Gasteiger partial charge in [-0.2, -0.15) is 10.1 Å². The van der Waals surface area contributed by atoms with Gasteiger partial charge in [0, 0.05) is 12.5 Å². The zero-order valence-electron chi connectivity index (χ0n) is 10.8. The SMILES string of the molecule is COc1ccc(Cc2noc(-c3cc(N)n[nH]3)n2)cc1. The molecule has 0 aliphatic carbocycles. The van der Waals surface area contributed by atoms with E-state index in [0.29, 0.717) is 29.6 Å². The maximum absolute atomic E-state index is 5.53. The zero-order valence-corrected chi connectivity index (χ0v) is 10.8. The van der Waals surface area contributed by atoms with Crippen LogP contribution in [0.3, 0.4) is 0 Å². The molecule has 0 unspecified atom stereocenters. The van der Waals surface area contributed by atoms with E-state index in [2.05, 4.69) is 20.3 Å². The van der Waals surface area contributed by atoms with Gasteiger partial charge >= 0.3 is 0 Å². The van der Waals surface area contributed by atoms with Crippen LogP contribution in [0, 0.1) is 0 Å². The fraction of sp³-hybridized carbons (Fsp3) is 0.154. The second-order valence-corrected chi connectivity index (χ2v) is 4.25. The molecule has 0 aliphatic rings. The van der Waals surface area contributed by atoms with Crippen molar-refractivity contribution in [3.8, 4) is 17.3 Å². The molecular weight excluding hydrogens is 258 g/mol. The molecule has 102 valence electrons. The number of nitrogens with one attached hydrogen (secondary N) is 1. The highest BCUT2D eigenvalue weighted by atomic mass is 16.5. The van der Waals surface area contributed by atoms with Crippen molar-refractivity contribution in [2.75, 3.05) is 12.8 Å². The molecule has 0 fully saturated rings. The fourth-order valence-electron chi connectivity index (χ4n) is 1.81. The third kappa shape index (κ3) is 2.46. The predicted octanol–water partition coefficient (Wildman–Crippen LogP) is 1.64. The molecule has 3 N–H and O–H groups in total. The number of nitrogens with zero attached hydrogens (tertiary/aromatic N) is 3. The Labute approximate surface area is 114 Å². The molecule has 0 spiro atoms. The summed E-state index contributed by atoms with van der Waals surface area (Å²) >= 11 is 0. The Hall–Kier alpha value is -2.83. The third-order valence-corrected chi connectivity index (χ3v) is 2.82. The molecule has 2 heterocycles. The van der Waals surface area contributed by atoms with Gasteiger partial charge in [-0.25, -0.2) is 0 Å². The van der Waals surface area contributed by atoms with Crippen molar-refractivity contribution in [1.29, 1.82) is 0 Å². The van der Waals surface area contributed by atoms with Crippen LogP contribution in [0.4, 0.5) is 5.82 Å². The number of ether oxygens (including phenoxy) is 1. The number of benzene rings is 1. The number of rotatable bonds is 4. The van der Waals surface area contributed by atoms with E-state index in [1.54, 1.807) is 13.2 Å². The predicted molar refractivity (Wildman–Crippen MR) is 72.1 cm³/mol. The van der Waals surface area contributed by atoms with Gasteiger partial charge in [0.05, 0.1) is 7.11 Å². The van der Waals surface area contributed by atoms with Gasteiger partial charge in [0.2, 0.25) is 0 Å². The van der Waals surface area contributed by atoms with Crippen LogP contribution in [0.1, 0.15) is 11.4 Å². The Morgan fingerprint density at radius 1 is 1.30 bits per heavy atom.